The van der Waals surface area contributed by atoms with Gasteiger partial charge in [0, 0.05) is 5.69 Å². The van der Waals surface area contributed by atoms with Gasteiger partial charge in [-0.3, -0.25) is 4.79 Å². The second-order valence-electron chi connectivity index (χ2n) is 5.76. The number of ether oxygens (including phenoxy) is 1. The zero-order chi connectivity index (χ0) is 18.9. The first-order chi connectivity index (χ1) is 12.3. The van der Waals surface area contributed by atoms with E-state index in [-0.39, 0.29) is 4.90 Å². The number of fused-ring (bicyclic) bond motifs is 1. The van der Waals surface area contributed by atoms with Gasteiger partial charge < -0.3 is 15.4 Å². The molecule has 0 radical (unpaired) electrons. The quantitative estimate of drug-likeness (QED) is 0.700. The summed E-state index contributed by atoms with van der Waals surface area (Å²) in [5, 5.41) is 5.47. The molecular formula is C17H17N3O5S. The number of rotatable bonds is 3. The number of amides is 1. The van der Waals surface area contributed by atoms with Crippen molar-refractivity contribution in [2.75, 3.05) is 17.7 Å². The van der Waals surface area contributed by atoms with Crippen LogP contribution in [0.2, 0.25) is 0 Å². The van der Waals surface area contributed by atoms with E-state index in [1.54, 1.807) is 12.1 Å². The molecule has 1 aliphatic rings. The van der Waals surface area contributed by atoms with Crippen molar-refractivity contribution in [1.82, 2.24) is 4.72 Å². The van der Waals surface area contributed by atoms with Crippen molar-refractivity contribution >= 4 is 33.3 Å². The maximum absolute atomic E-state index is 12.4. The number of nitrogens with one attached hydrogen (secondary N) is 3. The normalized spacial score (nSPS) is 17.5. The smallest absolute Gasteiger partial charge is 0.337 e. The molecule has 136 valence electrons. The second kappa shape index (κ2) is 6.77. The fourth-order valence-electron chi connectivity index (χ4n) is 2.54. The van der Waals surface area contributed by atoms with Crippen molar-refractivity contribution in [3.63, 3.8) is 0 Å². The first-order valence-corrected chi connectivity index (χ1v) is 9.17. The van der Waals surface area contributed by atoms with Gasteiger partial charge in [-0.05, 0) is 48.9 Å². The van der Waals surface area contributed by atoms with Crippen LogP contribution in [0.1, 0.15) is 15.9 Å². The van der Waals surface area contributed by atoms with E-state index in [0.29, 0.717) is 16.9 Å². The maximum Gasteiger partial charge on any atom is 0.337 e. The van der Waals surface area contributed by atoms with E-state index in [1.807, 2.05) is 6.92 Å². The zero-order valence-electron chi connectivity index (χ0n) is 14.1. The van der Waals surface area contributed by atoms with Gasteiger partial charge in [0.2, 0.25) is 10.0 Å². The molecule has 0 spiro atoms. The van der Waals surface area contributed by atoms with Gasteiger partial charge in [0.15, 0.2) is 6.17 Å². The standard InChI is InChI=1S/C17H17N3O5S/c1-10-3-8-14-13(9-10)19-15(20-26(14,23)24)16(21)18-12-6-4-11(5-7-12)17(22)25-2/h3-9,15,19-20H,1-2H3,(H,18,21)/t15-/m1/s1. The average molecular weight is 375 g/mol. The van der Waals surface area contributed by atoms with Crippen LogP contribution in [-0.4, -0.2) is 33.6 Å². The monoisotopic (exact) mass is 375 g/mol. The Hall–Kier alpha value is -2.91. The van der Waals surface area contributed by atoms with Crippen LogP contribution >= 0.6 is 0 Å². The number of carbonyl (C=O) groups excluding carboxylic acids is 2. The molecule has 26 heavy (non-hydrogen) atoms. The lowest BCUT2D eigenvalue weighted by molar-refractivity contribution is -0.117. The van der Waals surface area contributed by atoms with Crippen LogP contribution in [-0.2, 0) is 19.6 Å². The first-order valence-electron chi connectivity index (χ1n) is 7.69. The van der Waals surface area contributed by atoms with Crippen molar-refractivity contribution in [1.29, 1.82) is 0 Å². The molecule has 2 aromatic rings. The molecule has 1 atom stereocenters. The van der Waals surface area contributed by atoms with E-state index < -0.39 is 28.1 Å². The highest BCUT2D eigenvalue weighted by Crippen LogP contribution is 2.27. The molecule has 0 fully saturated rings. The summed E-state index contributed by atoms with van der Waals surface area (Å²) in [5.74, 6) is -1.07. The van der Waals surface area contributed by atoms with Crippen LogP contribution in [0.15, 0.2) is 47.4 Å². The average Bonchev–Trinajstić information content (AvgIpc) is 2.60. The fourth-order valence-corrected chi connectivity index (χ4v) is 3.79. The third-order valence-corrected chi connectivity index (χ3v) is 5.31. The summed E-state index contributed by atoms with van der Waals surface area (Å²) >= 11 is 0. The number of carbonyl (C=O) groups is 2. The summed E-state index contributed by atoms with van der Waals surface area (Å²) in [4.78, 5) is 23.9. The highest BCUT2D eigenvalue weighted by atomic mass is 32.2. The molecule has 0 saturated carbocycles. The molecule has 0 bridgehead atoms. The van der Waals surface area contributed by atoms with Crippen LogP contribution in [0.3, 0.4) is 0 Å². The molecule has 9 heteroatoms. The number of benzene rings is 2. The van der Waals surface area contributed by atoms with Crippen LogP contribution < -0.4 is 15.4 Å². The Kier molecular flexibility index (Phi) is 4.66. The van der Waals surface area contributed by atoms with Crippen molar-refractivity contribution in [3.8, 4) is 0 Å². The van der Waals surface area contributed by atoms with Crippen molar-refractivity contribution in [2.24, 2.45) is 0 Å². The number of anilines is 2. The number of hydrogen-bond donors (Lipinski definition) is 3. The first kappa shape index (κ1) is 17.9. The molecule has 1 heterocycles. The predicted molar refractivity (Wildman–Crippen MR) is 95.3 cm³/mol. The number of hydrogen-bond acceptors (Lipinski definition) is 6. The summed E-state index contributed by atoms with van der Waals surface area (Å²) < 4.78 is 31.6. The van der Waals surface area contributed by atoms with E-state index in [0.717, 1.165) is 5.56 Å². The van der Waals surface area contributed by atoms with E-state index in [9.17, 15) is 18.0 Å². The molecule has 3 N–H and O–H groups in total. The molecular weight excluding hydrogens is 358 g/mol. The molecule has 0 saturated heterocycles. The van der Waals surface area contributed by atoms with Gasteiger partial charge in [0.25, 0.3) is 5.91 Å². The minimum atomic E-state index is -3.80. The Bertz CT molecular complexity index is 970. The Balaban J connectivity index is 1.78. The zero-order valence-corrected chi connectivity index (χ0v) is 14.9. The Labute approximate surface area is 150 Å². The SMILES string of the molecule is COC(=O)c1ccc(NC(=O)[C@@H]2Nc3cc(C)ccc3S(=O)(=O)N2)cc1. The lowest BCUT2D eigenvalue weighted by Crippen LogP contribution is -2.51. The van der Waals surface area contributed by atoms with Crippen molar-refractivity contribution < 1.29 is 22.7 Å². The van der Waals surface area contributed by atoms with Gasteiger partial charge in [-0.1, -0.05) is 6.07 Å². The van der Waals surface area contributed by atoms with Gasteiger partial charge in [0.05, 0.1) is 18.4 Å². The van der Waals surface area contributed by atoms with Crippen LogP contribution in [0.4, 0.5) is 11.4 Å². The second-order valence-corrected chi connectivity index (χ2v) is 7.44. The van der Waals surface area contributed by atoms with Crippen LogP contribution in [0.25, 0.3) is 0 Å². The summed E-state index contributed by atoms with van der Waals surface area (Å²) in [6.07, 6.45) is -1.16. The third kappa shape index (κ3) is 3.53. The lowest BCUT2D eigenvalue weighted by Gasteiger charge is -2.27. The summed E-state index contributed by atoms with van der Waals surface area (Å²) in [6.45, 7) is 1.83. The predicted octanol–water partition coefficient (Wildman–Crippen LogP) is 1.45. The third-order valence-electron chi connectivity index (χ3n) is 3.83. The lowest BCUT2D eigenvalue weighted by atomic mass is 10.2. The Morgan fingerprint density at radius 2 is 1.81 bits per heavy atom. The van der Waals surface area contributed by atoms with Gasteiger partial charge in [-0.15, -0.1) is 0 Å². The van der Waals surface area contributed by atoms with Gasteiger partial charge in [-0.2, -0.15) is 4.72 Å². The van der Waals surface area contributed by atoms with E-state index in [4.69, 9.17) is 0 Å². The minimum absolute atomic E-state index is 0.0922. The van der Waals surface area contributed by atoms with E-state index >= 15 is 0 Å². The topological polar surface area (TPSA) is 114 Å². The number of aryl methyl sites for hydroxylation is 1. The summed E-state index contributed by atoms with van der Waals surface area (Å²) in [7, 11) is -2.52. The Morgan fingerprint density at radius 3 is 2.46 bits per heavy atom. The molecule has 3 rings (SSSR count). The van der Waals surface area contributed by atoms with Crippen LogP contribution in [0, 0.1) is 6.92 Å². The van der Waals surface area contributed by atoms with Crippen molar-refractivity contribution in [3.05, 3.63) is 53.6 Å². The van der Waals surface area contributed by atoms with Gasteiger partial charge >= 0.3 is 5.97 Å². The molecule has 0 unspecified atom stereocenters. The van der Waals surface area contributed by atoms with Crippen LogP contribution in [0.5, 0.6) is 0 Å². The molecule has 2 aromatic carbocycles. The Morgan fingerprint density at radius 1 is 1.12 bits per heavy atom. The van der Waals surface area contributed by atoms with Gasteiger partial charge in [0.1, 0.15) is 4.90 Å². The molecule has 0 aliphatic carbocycles. The molecule has 0 aromatic heterocycles. The number of esters is 1. The summed E-state index contributed by atoms with van der Waals surface area (Å²) in [6, 6.07) is 10.9. The number of methoxy groups -OCH3 is 1. The largest absolute Gasteiger partial charge is 0.465 e. The molecule has 1 amide bonds. The number of sulfonamides is 1. The fraction of sp³-hybridized carbons (Fsp3) is 0.176. The highest BCUT2D eigenvalue weighted by Gasteiger charge is 2.33. The maximum atomic E-state index is 12.4. The van der Waals surface area contributed by atoms with Gasteiger partial charge in [-0.25, -0.2) is 13.2 Å². The minimum Gasteiger partial charge on any atom is -0.465 e. The summed E-state index contributed by atoms with van der Waals surface area (Å²) in [5.41, 5.74) is 1.99. The highest BCUT2D eigenvalue weighted by molar-refractivity contribution is 7.89. The molecule has 1 aliphatic heterocycles. The van der Waals surface area contributed by atoms with E-state index in [1.165, 1.54) is 37.4 Å². The van der Waals surface area contributed by atoms with E-state index in [2.05, 4.69) is 20.1 Å². The van der Waals surface area contributed by atoms with Crippen molar-refractivity contribution in [2.45, 2.75) is 18.0 Å². The molecule has 8 nitrogen and oxygen atoms in total.